The number of amides is 2. The summed E-state index contributed by atoms with van der Waals surface area (Å²) in [5.74, 6) is 0.844. The first-order chi connectivity index (χ1) is 12.3. The first-order valence-corrected chi connectivity index (χ1v) is 8.45. The van der Waals surface area contributed by atoms with Crippen molar-refractivity contribution in [3.05, 3.63) is 54.2 Å². The van der Waals surface area contributed by atoms with Crippen LogP contribution in [0.15, 0.2) is 48.7 Å². The van der Waals surface area contributed by atoms with Crippen molar-refractivity contribution in [2.45, 2.75) is 18.9 Å². The minimum Gasteiger partial charge on any atom is -0.480 e. The van der Waals surface area contributed by atoms with Gasteiger partial charge in [-0.3, -0.25) is 0 Å². The minimum absolute atomic E-state index is 0.0735. The van der Waals surface area contributed by atoms with Crippen LogP contribution in [0.5, 0.6) is 5.88 Å². The largest absolute Gasteiger partial charge is 0.480 e. The predicted octanol–water partition coefficient (Wildman–Crippen LogP) is 3.38. The maximum atomic E-state index is 12.5. The molecule has 0 aliphatic carbocycles. The maximum absolute atomic E-state index is 12.5. The number of methoxy groups -OCH3 is 1. The highest BCUT2D eigenvalue weighted by Gasteiger charge is 2.23. The summed E-state index contributed by atoms with van der Waals surface area (Å²) in [5.41, 5.74) is 1.63. The molecule has 0 bridgehead atoms. The van der Waals surface area contributed by atoms with Crippen LogP contribution in [0.25, 0.3) is 0 Å². The van der Waals surface area contributed by atoms with E-state index in [0.29, 0.717) is 17.5 Å². The van der Waals surface area contributed by atoms with Gasteiger partial charge in [0.15, 0.2) is 0 Å². The smallest absolute Gasteiger partial charge is 0.319 e. The molecule has 1 aliphatic heterocycles. The predicted molar refractivity (Wildman–Crippen MR) is 95.7 cm³/mol. The van der Waals surface area contributed by atoms with Gasteiger partial charge >= 0.3 is 6.03 Å². The van der Waals surface area contributed by atoms with Gasteiger partial charge in [-0.05, 0) is 36.5 Å². The van der Waals surface area contributed by atoms with Crippen LogP contribution in [-0.4, -0.2) is 31.3 Å². The second-order valence-electron chi connectivity index (χ2n) is 6.09. The third kappa shape index (κ3) is 4.70. The van der Waals surface area contributed by atoms with Crippen LogP contribution in [0.4, 0.5) is 10.5 Å². The molecule has 2 unspecified atom stereocenters. The van der Waals surface area contributed by atoms with Crippen LogP contribution >= 0.6 is 0 Å². The van der Waals surface area contributed by atoms with E-state index in [-0.39, 0.29) is 12.1 Å². The molecule has 132 valence electrons. The summed E-state index contributed by atoms with van der Waals surface area (Å²) in [7, 11) is 1.53. The third-order valence-electron chi connectivity index (χ3n) is 4.31. The molecular weight excluding hydrogens is 318 g/mol. The van der Waals surface area contributed by atoms with Gasteiger partial charge in [-0.25, -0.2) is 9.78 Å². The Kier molecular flexibility index (Phi) is 5.85. The van der Waals surface area contributed by atoms with E-state index < -0.39 is 0 Å². The Hall–Kier alpha value is -2.60. The Bertz CT molecular complexity index is 687. The summed E-state index contributed by atoms with van der Waals surface area (Å²) >= 11 is 0. The van der Waals surface area contributed by atoms with Gasteiger partial charge in [-0.15, -0.1) is 0 Å². The van der Waals surface area contributed by atoms with Gasteiger partial charge < -0.3 is 20.1 Å². The molecule has 2 atom stereocenters. The Labute approximate surface area is 147 Å². The third-order valence-corrected chi connectivity index (χ3v) is 4.31. The molecule has 2 heterocycles. The molecule has 2 aromatic rings. The number of hydrogen-bond acceptors (Lipinski definition) is 4. The number of urea groups is 1. The first kappa shape index (κ1) is 17.2. The van der Waals surface area contributed by atoms with Gasteiger partial charge in [-0.1, -0.05) is 30.3 Å². The van der Waals surface area contributed by atoms with Gasteiger partial charge in [0.2, 0.25) is 5.88 Å². The van der Waals surface area contributed by atoms with Crippen molar-refractivity contribution < 1.29 is 14.3 Å². The zero-order chi connectivity index (χ0) is 17.5. The minimum atomic E-state index is -0.279. The van der Waals surface area contributed by atoms with Crippen molar-refractivity contribution in [2.75, 3.05) is 25.6 Å². The van der Waals surface area contributed by atoms with Crippen molar-refractivity contribution >= 4 is 11.7 Å². The fourth-order valence-corrected chi connectivity index (χ4v) is 3.03. The van der Waals surface area contributed by atoms with Crippen LogP contribution in [0.3, 0.4) is 0 Å². The lowest BCUT2D eigenvalue weighted by molar-refractivity contribution is 0.181. The first-order valence-electron chi connectivity index (χ1n) is 8.45. The van der Waals surface area contributed by atoms with Gasteiger partial charge in [0.1, 0.15) is 5.69 Å². The van der Waals surface area contributed by atoms with Gasteiger partial charge in [0, 0.05) is 19.4 Å². The van der Waals surface area contributed by atoms with Crippen molar-refractivity contribution in [2.24, 2.45) is 5.92 Å². The summed E-state index contributed by atoms with van der Waals surface area (Å²) in [6, 6.07) is 13.2. The molecule has 3 rings (SSSR count). The number of pyridine rings is 1. The van der Waals surface area contributed by atoms with E-state index in [0.717, 1.165) is 31.6 Å². The lowest BCUT2D eigenvalue weighted by atomic mass is 9.94. The summed E-state index contributed by atoms with van der Waals surface area (Å²) in [5, 5.41) is 5.89. The number of anilines is 1. The van der Waals surface area contributed by atoms with Crippen molar-refractivity contribution in [3.63, 3.8) is 0 Å². The van der Waals surface area contributed by atoms with E-state index in [1.807, 2.05) is 30.3 Å². The van der Waals surface area contributed by atoms with Crippen molar-refractivity contribution in [3.8, 4) is 5.88 Å². The van der Waals surface area contributed by atoms with E-state index in [1.165, 1.54) is 7.11 Å². The molecule has 1 aromatic carbocycles. The topological polar surface area (TPSA) is 72.5 Å². The van der Waals surface area contributed by atoms with Crippen molar-refractivity contribution in [1.82, 2.24) is 10.3 Å². The van der Waals surface area contributed by atoms with Crippen LogP contribution in [0.1, 0.15) is 24.4 Å². The molecule has 1 aromatic heterocycles. The van der Waals surface area contributed by atoms with E-state index in [4.69, 9.17) is 9.47 Å². The summed E-state index contributed by atoms with van der Waals surface area (Å²) in [6.07, 6.45) is 3.50. The SMILES string of the molecule is COc1ncccc1NC(=O)NC(CC1CCOC1)c1ccccc1. The second-order valence-corrected chi connectivity index (χ2v) is 6.09. The molecule has 6 heteroatoms. The highest BCUT2D eigenvalue weighted by Crippen LogP contribution is 2.27. The number of carbonyl (C=O) groups is 1. The molecule has 0 radical (unpaired) electrons. The molecule has 25 heavy (non-hydrogen) atoms. The lowest BCUT2D eigenvalue weighted by Gasteiger charge is -2.22. The number of benzene rings is 1. The standard InChI is InChI=1S/C19H23N3O3/c1-24-18-16(8-5-10-20-18)21-19(23)22-17(12-14-9-11-25-13-14)15-6-3-2-4-7-15/h2-8,10,14,17H,9,11-13H2,1H3,(H2,21,22,23). The fourth-order valence-electron chi connectivity index (χ4n) is 3.03. The number of nitrogens with zero attached hydrogens (tertiary/aromatic N) is 1. The number of carbonyl (C=O) groups excluding carboxylic acids is 1. The monoisotopic (exact) mass is 341 g/mol. The summed E-state index contributed by atoms with van der Waals surface area (Å²) in [6.45, 7) is 1.55. The molecule has 6 nitrogen and oxygen atoms in total. The number of ether oxygens (including phenoxy) is 2. The van der Waals surface area contributed by atoms with E-state index in [2.05, 4.69) is 15.6 Å². The Morgan fingerprint density at radius 1 is 1.32 bits per heavy atom. The van der Waals surface area contributed by atoms with Crippen LogP contribution in [0.2, 0.25) is 0 Å². The lowest BCUT2D eigenvalue weighted by Crippen LogP contribution is -2.34. The van der Waals surface area contributed by atoms with Gasteiger partial charge in [0.05, 0.1) is 13.2 Å². The average molecular weight is 341 g/mol. The maximum Gasteiger partial charge on any atom is 0.319 e. The van der Waals surface area contributed by atoms with Gasteiger partial charge in [0.25, 0.3) is 0 Å². The molecule has 0 spiro atoms. The normalized spacial score (nSPS) is 17.7. The quantitative estimate of drug-likeness (QED) is 0.845. The number of rotatable bonds is 6. The Morgan fingerprint density at radius 2 is 2.16 bits per heavy atom. The Morgan fingerprint density at radius 3 is 2.88 bits per heavy atom. The fraction of sp³-hybridized carbons (Fsp3) is 0.368. The molecule has 1 saturated heterocycles. The average Bonchev–Trinajstić information content (AvgIpc) is 3.15. The van der Waals surface area contributed by atoms with Crippen LogP contribution < -0.4 is 15.4 Å². The van der Waals surface area contributed by atoms with E-state index in [1.54, 1.807) is 18.3 Å². The highest BCUT2D eigenvalue weighted by atomic mass is 16.5. The van der Waals surface area contributed by atoms with E-state index in [9.17, 15) is 4.79 Å². The van der Waals surface area contributed by atoms with Gasteiger partial charge in [-0.2, -0.15) is 0 Å². The molecule has 1 fully saturated rings. The zero-order valence-corrected chi connectivity index (χ0v) is 14.3. The molecule has 0 saturated carbocycles. The molecule has 2 N–H and O–H groups in total. The summed E-state index contributed by atoms with van der Waals surface area (Å²) < 4.78 is 10.6. The molecule has 1 aliphatic rings. The summed E-state index contributed by atoms with van der Waals surface area (Å²) in [4.78, 5) is 16.6. The van der Waals surface area contributed by atoms with E-state index >= 15 is 0 Å². The second kappa shape index (κ2) is 8.48. The Balaban J connectivity index is 1.69. The van der Waals surface area contributed by atoms with Crippen LogP contribution in [0, 0.1) is 5.92 Å². The molecular formula is C19H23N3O3. The highest BCUT2D eigenvalue weighted by molar-refractivity contribution is 5.90. The number of nitrogens with one attached hydrogen (secondary N) is 2. The van der Waals surface area contributed by atoms with Crippen LogP contribution in [-0.2, 0) is 4.74 Å². The van der Waals surface area contributed by atoms with Crippen molar-refractivity contribution in [1.29, 1.82) is 0 Å². The number of hydrogen-bond donors (Lipinski definition) is 2. The molecule has 2 amide bonds. The number of aromatic nitrogens is 1. The zero-order valence-electron chi connectivity index (χ0n) is 14.3.